The number of rotatable bonds is 10. The van der Waals surface area contributed by atoms with Crippen LogP contribution in [0.1, 0.15) is 37.4 Å². The Labute approximate surface area is 308 Å². The van der Waals surface area contributed by atoms with E-state index in [-0.39, 0.29) is 17.8 Å². The van der Waals surface area contributed by atoms with Gasteiger partial charge in [-0.15, -0.1) is 0 Å². The van der Waals surface area contributed by atoms with Gasteiger partial charge in [-0.2, -0.15) is 10.2 Å². The van der Waals surface area contributed by atoms with E-state index in [0.717, 1.165) is 44.0 Å². The van der Waals surface area contributed by atoms with Crippen molar-refractivity contribution in [2.24, 2.45) is 0 Å². The summed E-state index contributed by atoms with van der Waals surface area (Å²) in [7, 11) is 2.15. The van der Waals surface area contributed by atoms with Gasteiger partial charge in [-0.1, -0.05) is 53.9 Å². The summed E-state index contributed by atoms with van der Waals surface area (Å²) in [5, 5.41) is 9.41. The topological polar surface area (TPSA) is 105 Å². The summed E-state index contributed by atoms with van der Waals surface area (Å²) in [6, 6.07) is 21.4. The third-order valence-electron chi connectivity index (χ3n) is 9.19. The number of hydrogen-bond donors (Lipinski definition) is 0. The maximum atomic E-state index is 12.4. The van der Waals surface area contributed by atoms with E-state index in [1.165, 1.54) is 17.6 Å². The molecule has 0 bridgehead atoms. The molecule has 0 N–H and O–H groups in total. The van der Waals surface area contributed by atoms with Crippen molar-refractivity contribution in [2.75, 3.05) is 51.3 Å². The Hall–Kier alpha value is -4.20. The zero-order valence-corrected chi connectivity index (χ0v) is 30.9. The lowest BCUT2D eigenvalue weighted by Crippen LogP contribution is -2.44. The van der Waals surface area contributed by atoms with Gasteiger partial charge in [0.25, 0.3) is 0 Å². The fourth-order valence-electron chi connectivity index (χ4n) is 5.96. The van der Waals surface area contributed by atoms with Gasteiger partial charge in [-0.25, -0.2) is 23.7 Å². The maximum Gasteiger partial charge on any atom is 0.350 e. The second-order valence-electron chi connectivity index (χ2n) is 12.9. The first kappa shape index (κ1) is 36.6. The molecule has 0 spiro atoms. The third kappa shape index (κ3) is 8.82. The fraction of sp³-hybridized carbons (Fsp3) is 0.405. The molecule has 2 aliphatic rings. The molecule has 12 nitrogen and oxygen atoms in total. The van der Waals surface area contributed by atoms with Crippen molar-refractivity contribution in [3.63, 3.8) is 0 Å². The Kier molecular flexibility index (Phi) is 11.8. The zero-order valence-electron chi connectivity index (χ0n) is 29.4. The average molecular weight is 736 g/mol. The molecule has 2 saturated heterocycles. The van der Waals surface area contributed by atoms with Gasteiger partial charge in [0.2, 0.25) is 5.79 Å². The summed E-state index contributed by atoms with van der Waals surface area (Å²) in [5.41, 5.74) is 3.86. The molecule has 5 aromatic rings. The molecular formula is C37H44Cl2N8O4. The van der Waals surface area contributed by atoms with Crippen LogP contribution in [-0.2, 0) is 21.8 Å². The Morgan fingerprint density at radius 1 is 0.961 bits per heavy atom. The van der Waals surface area contributed by atoms with Crippen LogP contribution in [0.25, 0.3) is 5.69 Å². The molecule has 270 valence electrons. The number of halogens is 2. The normalized spacial score (nSPS) is 19.8. The predicted octanol–water partition coefficient (Wildman–Crippen LogP) is 6.00. The number of aryl methyl sites for hydroxylation is 1. The number of anilines is 1. The fourth-order valence-corrected chi connectivity index (χ4v) is 6.52. The molecule has 7 rings (SSSR count). The molecule has 51 heavy (non-hydrogen) atoms. The van der Waals surface area contributed by atoms with Gasteiger partial charge in [0, 0.05) is 42.5 Å². The average Bonchev–Trinajstić information content (AvgIpc) is 3.90. The third-order valence-corrected chi connectivity index (χ3v) is 9.74. The van der Waals surface area contributed by atoms with Gasteiger partial charge >= 0.3 is 5.69 Å². The van der Waals surface area contributed by atoms with E-state index < -0.39 is 5.79 Å². The Morgan fingerprint density at radius 3 is 2.35 bits per heavy atom. The zero-order chi connectivity index (χ0) is 36.0. The molecule has 4 heterocycles. The predicted molar refractivity (Wildman–Crippen MR) is 198 cm³/mol. The van der Waals surface area contributed by atoms with E-state index in [2.05, 4.69) is 51.1 Å². The lowest BCUT2D eigenvalue weighted by molar-refractivity contribution is -0.190. The van der Waals surface area contributed by atoms with Crippen LogP contribution in [0.5, 0.6) is 5.75 Å². The van der Waals surface area contributed by atoms with Crippen molar-refractivity contribution in [3.05, 3.63) is 117 Å². The summed E-state index contributed by atoms with van der Waals surface area (Å²) in [6.45, 7) is 11.4. The van der Waals surface area contributed by atoms with E-state index in [9.17, 15) is 4.79 Å². The minimum atomic E-state index is -1.10. The molecule has 2 aliphatic heterocycles. The van der Waals surface area contributed by atoms with Gasteiger partial charge < -0.3 is 24.0 Å². The van der Waals surface area contributed by atoms with Crippen LogP contribution in [0.4, 0.5) is 5.69 Å². The molecule has 0 radical (unpaired) electrons. The Balaban J connectivity index is 0.000000179. The standard InChI is InChI=1S/C20H19Cl2N3O3.C17H25N5O/c1-14-2-5-16(6-3-14)26-9-17-10-27-20(28-17,11-25-13-23-12-24-25)18-7-4-15(21)8-19(18)22;1-4-14(2)22-17(23)21(13-18-22)16-7-5-15(6-8-16)20-11-9-19(3)10-12-20/h2-8,12-13,17H,9-11H2,1H3;5-8,13-14H,4,9-12H2,1-3H3. The summed E-state index contributed by atoms with van der Waals surface area (Å²) in [5.74, 6) is -0.316. The van der Waals surface area contributed by atoms with Crippen molar-refractivity contribution in [2.45, 2.75) is 51.7 Å². The Bertz CT molecular complexity index is 1910. The van der Waals surface area contributed by atoms with Gasteiger partial charge in [0.05, 0.1) is 23.4 Å². The minimum Gasteiger partial charge on any atom is -0.491 e. The highest BCUT2D eigenvalue weighted by Gasteiger charge is 2.45. The van der Waals surface area contributed by atoms with E-state index >= 15 is 0 Å². The van der Waals surface area contributed by atoms with Crippen LogP contribution >= 0.6 is 23.2 Å². The maximum absolute atomic E-state index is 12.4. The minimum absolute atomic E-state index is 0.0771. The van der Waals surface area contributed by atoms with E-state index in [1.54, 1.807) is 38.7 Å². The molecule has 3 aromatic carbocycles. The second-order valence-corrected chi connectivity index (χ2v) is 13.8. The highest BCUT2D eigenvalue weighted by molar-refractivity contribution is 6.35. The molecule has 3 atom stereocenters. The van der Waals surface area contributed by atoms with Gasteiger partial charge in [0.15, 0.2) is 0 Å². The van der Waals surface area contributed by atoms with Crippen LogP contribution in [0.2, 0.25) is 10.0 Å². The largest absolute Gasteiger partial charge is 0.491 e. The first-order chi connectivity index (χ1) is 24.6. The summed E-state index contributed by atoms with van der Waals surface area (Å²) < 4.78 is 23.1. The van der Waals surface area contributed by atoms with Crippen molar-refractivity contribution < 1.29 is 14.2 Å². The van der Waals surface area contributed by atoms with Crippen molar-refractivity contribution in [3.8, 4) is 11.4 Å². The molecule has 2 aromatic heterocycles. The quantitative estimate of drug-likeness (QED) is 0.171. The van der Waals surface area contributed by atoms with Crippen molar-refractivity contribution >= 4 is 28.9 Å². The lowest BCUT2D eigenvalue weighted by atomic mass is 10.1. The molecule has 3 unspecified atom stereocenters. The number of benzene rings is 3. The number of piperazine rings is 1. The first-order valence-electron chi connectivity index (χ1n) is 17.1. The molecule has 2 fully saturated rings. The molecular weight excluding hydrogens is 691 g/mol. The van der Waals surface area contributed by atoms with E-state index in [0.29, 0.717) is 35.4 Å². The number of nitrogens with zero attached hydrogens (tertiary/aromatic N) is 8. The smallest absolute Gasteiger partial charge is 0.350 e. The van der Waals surface area contributed by atoms with Crippen molar-refractivity contribution in [1.82, 2.24) is 34.0 Å². The molecule has 0 amide bonds. The van der Waals surface area contributed by atoms with Crippen LogP contribution in [0.15, 0.2) is 90.5 Å². The monoisotopic (exact) mass is 734 g/mol. The van der Waals surface area contributed by atoms with Crippen LogP contribution in [0, 0.1) is 6.92 Å². The SMILES string of the molecule is CCC(C)n1ncn(-c2ccc(N3CCN(C)CC3)cc2)c1=O.Cc1ccc(OCC2COC(Cn3cncn3)(c3ccc(Cl)cc3Cl)O2)cc1. The van der Waals surface area contributed by atoms with Gasteiger partial charge in [-0.3, -0.25) is 0 Å². The Morgan fingerprint density at radius 2 is 1.69 bits per heavy atom. The highest BCUT2D eigenvalue weighted by Crippen LogP contribution is 2.40. The molecule has 0 saturated carbocycles. The van der Waals surface area contributed by atoms with Gasteiger partial charge in [0.1, 0.15) is 44.0 Å². The van der Waals surface area contributed by atoms with Crippen molar-refractivity contribution in [1.29, 1.82) is 0 Å². The second kappa shape index (κ2) is 16.4. The van der Waals surface area contributed by atoms with Crippen LogP contribution < -0.4 is 15.3 Å². The molecule has 0 aliphatic carbocycles. The summed E-state index contributed by atoms with van der Waals surface area (Å²) in [6.07, 6.45) is 5.30. The summed E-state index contributed by atoms with van der Waals surface area (Å²) >= 11 is 12.5. The van der Waals surface area contributed by atoms with Gasteiger partial charge in [-0.05, 0) is 75.8 Å². The van der Waals surface area contributed by atoms with Crippen LogP contribution in [-0.4, -0.2) is 86.6 Å². The number of likely N-dealkylation sites (N-methyl/N-ethyl adjacent to an activating group) is 1. The molecule has 14 heteroatoms. The number of hydrogen-bond acceptors (Lipinski definition) is 9. The summed E-state index contributed by atoms with van der Waals surface area (Å²) in [4.78, 5) is 21.2. The highest BCUT2D eigenvalue weighted by atomic mass is 35.5. The van der Waals surface area contributed by atoms with Crippen LogP contribution in [0.3, 0.4) is 0 Å². The van der Waals surface area contributed by atoms with E-state index in [1.807, 2.05) is 56.3 Å². The number of aromatic nitrogens is 6. The number of ether oxygens (including phenoxy) is 3. The van der Waals surface area contributed by atoms with E-state index in [4.69, 9.17) is 37.4 Å². The lowest BCUT2D eigenvalue weighted by Gasteiger charge is -2.34. The first-order valence-corrected chi connectivity index (χ1v) is 17.9.